The minimum absolute atomic E-state index is 0.138. The summed E-state index contributed by atoms with van der Waals surface area (Å²) in [6.07, 6.45) is 6.04. The van der Waals surface area contributed by atoms with E-state index < -0.39 is 0 Å². The first-order chi connectivity index (χ1) is 9.78. The summed E-state index contributed by atoms with van der Waals surface area (Å²) in [5.41, 5.74) is 2.29. The van der Waals surface area contributed by atoms with Crippen molar-refractivity contribution in [3.63, 3.8) is 0 Å². The van der Waals surface area contributed by atoms with Gasteiger partial charge in [-0.05, 0) is 24.8 Å². The predicted octanol–water partition coefficient (Wildman–Crippen LogP) is 1.94. The number of rotatable bonds is 4. The van der Waals surface area contributed by atoms with Crippen LogP contribution in [-0.4, -0.2) is 27.9 Å². The zero-order valence-corrected chi connectivity index (χ0v) is 11.3. The number of nitrogens with zero attached hydrogens (tertiary/aromatic N) is 3. The highest BCUT2D eigenvalue weighted by atomic mass is 16.2. The Morgan fingerprint density at radius 1 is 1.35 bits per heavy atom. The molecule has 1 amide bonds. The molecule has 0 saturated heterocycles. The Bertz CT molecular complexity index is 641. The molecule has 0 bridgehead atoms. The fraction of sp³-hybridized carbons (Fsp3) is 0.267. The zero-order chi connectivity index (χ0) is 13.9. The Hall–Kier alpha value is -2.43. The fourth-order valence-corrected chi connectivity index (χ4v) is 1.99. The van der Waals surface area contributed by atoms with Crippen molar-refractivity contribution in [2.24, 2.45) is 5.92 Å². The minimum Gasteiger partial charge on any atom is -0.354 e. The third-order valence-electron chi connectivity index (χ3n) is 3.29. The lowest BCUT2D eigenvalue weighted by atomic mass is 10.2. The molecule has 1 aromatic carbocycles. The Labute approximate surface area is 117 Å². The smallest absolute Gasteiger partial charge is 0.269 e. The molecule has 102 valence electrons. The molecule has 0 unspecified atom stereocenters. The summed E-state index contributed by atoms with van der Waals surface area (Å²) in [5, 5.41) is 10.9. The summed E-state index contributed by atoms with van der Waals surface area (Å²) in [5.74, 6) is 0.355. The van der Waals surface area contributed by atoms with Gasteiger partial charge in [0.1, 0.15) is 11.4 Å². The number of allylic oxidation sites excluding steroid dienone is 1. The van der Waals surface area contributed by atoms with Crippen LogP contribution in [0.2, 0.25) is 0 Å². The highest BCUT2D eigenvalue weighted by Gasteiger charge is 2.23. The molecule has 3 rings (SSSR count). The molecule has 1 aliphatic carbocycles. The van der Waals surface area contributed by atoms with Crippen LogP contribution in [0.1, 0.15) is 12.8 Å². The fourth-order valence-electron chi connectivity index (χ4n) is 1.99. The Balaban J connectivity index is 1.93. The number of hydrogen-bond acceptors (Lipinski definition) is 3. The van der Waals surface area contributed by atoms with Gasteiger partial charge in [0.05, 0.1) is 6.20 Å². The molecule has 1 saturated carbocycles. The molecule has 0 radical (unpaired) electrons. The van der Waals surface area contributed by atoms with Crippen molar-refractivity contribution in [3.05, 3.63) is 42.6 Å². The second-order valence-electron chi connectivity index (χ2n) is 4.88. The zero-order valence-electron chi connectivity index (χ0n) is 11.3. The van der Waals surface area contributed by atoms with Crippen molar-refractivity contribution in [2.45, 2.75) is 12.8 Å². The van der Waals surface area contributed by atoms with Crippen molar-refractivity contribution in [3.8, 4) is 11.3 Å². The Morgan fingerprint density at radius 2 is 2.10 bits per heavy atom. The molecule has 5 heteroatoms. The first-order valence-electron chi connectivity index (χ1n) is 6.70. The van der Waals surface area contributed by atoms with E-state index in [1.807, 2.05) is 36.4 Å². The topological polar surface area (TPSA) is 59.8 Å². The lowest BCUT2D eigenvalue weighted by molar-refractivity contribution is -0.115. The quantitative estimate of drug-likeness (QED) is 0.862. The highest BCUT2D eigenvalue weighted by molar-refractivity contribution is 6.13. The number of carbonyl (C=O) groups is 1. The third-order valence-corrected chi connectivity index (χ3v) is 3.29. The lowest BCUT2D eigenvalue weighted by Crippen LogP contribution is -2.23. The van der Waals surface area contributed by atoms with E-state index in [1.165, 1.54) is 0 Å². The summed E-state index contributed by atoms with van der Waals surface area (Å²) >= 11 is 0. The Morgan fingerprint density at radius 3 is 2.75 bits per heavy atom. The van der Waals surface area contributed by atoms with Gasteiger partial charge >= 0.3 is 0 Å². The van der Waals surface area contributed by atoms with Crippen molar-refractivity contribution < 1.29 is 4.79 Å². The van der Waals surface area contributed by atoms with Gasteiger partial charge in [0.15, 0.2) is 0 Å². The minimum atomic E-state index is -0.138. The van der Waals surface area contributed by atoms with Crippen molar-refractivity contribution in [2.75, 3.05) is 7.05 Å². The van der Waals surface area contributed by atoms with Gasteiger partial charge in [0.25, 0.3) is 5.91 Å². The van der Waals surface area contributed by atoms with Gasteiger partial charge in [0, 0.05) is 12.6 Å². The standard InChI is InChI=1S/C15H16N4O/c1-16-15(20)14(9-11-7-8-11)19-10-13(17-18-19)12-5-3-2-4-6-12/h2-6,9-11H,7-8H2,1H3,(H,16,20). The largest absolute Gasteiger partial charge is 0.354 e. The van der Waals surface area contributed by atoms with Crippen LogP contribution in [0.5, 0.6) is 0 Å². The number of amides is 1. The average Bonchev–Trinajstić information content (AvgIpc) is 3.19. The van der Waals surface area contributed by atoms with E-state index in [1.54, 1.807) is 17.9 Å². The number of aromatic nitrogens is 3. The van der Waals surface area contributed by atoms with Crippen LogP contribution in [0.25, 0.3) is 17.0 Å². The van der Waals surface area contributed by atoms with Crippen LogP contribution < -0.4 is 5.32 Å². The molecule has 1 N–H and O–H groups in total. The molecule has 1 fully saturated rings. The third kappa shape index (κ3) is 2.61. The van der Waals surface area contributed by atoms with Gasteiger partial charge in [-0.3, -0.25) is 4.79 Å². The lowest BCUT2D eigenvalue weighted by Gasteiger charge is -2.04. The van der Waals surface area contributed by atoms with E-state index >= 15 is 0 Å². The van der Waals surface area contributed by atoms with Crippen LogP contribution >= 0.6 is 0 Å². The van der Waals surface area contributed by atoms with Crippen LogP contribution in [0.3, 0.4) is 0 Å². The molecule has 1 aliphatic rings. The van der Waals surface area contributed by atoms with Gasteiger partial charge in [-0.25, -0.2) is 4.68 Å². The van der Waals surface area contributed by atoms with Crippen LogP contribution in [0.15, 0.2) is 42.6 Å². The number of carbonyl (C=O) groups excluding carboxylic acids is 1. The summed E-state index contributed by atoms with van der Waals surface area (Å²) in [4.78, 5) is 12.0. The molecule has 0 atom stereocenters. The van der Waals surface area contributed by atoms with Gasteiger partial charge in [-0.15, -0.1) is 5.10 Å². The van der Waals surface area contributed by atoms with Crippen molar-refractivity contribution in [1.82, 2.24) is 20.3 Å². The second kappa shape index (κ2) is 5.28. The van der Waals surface area contributed by atoms with Crippen LogP contribution in [0.4, 0.5) is 0 Å². The van der Waals surface area contributed by atoms with Gasteiger partial charge < -0.3 is 5.32 Å². The van der Waals surface area contributed by atoms with Gasteiger partial charge in [-0.2, -0.15) is 0 Å². The summed E-state index contributed by atoms with van der Waals surface area (Å²) in [7, 11) is 1.62. The molecule has 0 spiro atoms. The molecule has 1 heterocycles. The summed E-state index contributed by atoms with van der Waals surface area (Å²) < 4.78 is 1.56. The van der Waals surface area contributed by atoms with E-state index in [0.29, 0.717) is 11.6 Å². The molecular weight excluding hydrogens is 252 g/mol. The maximum atomic E-state index is 12.0. The number of likely N-dealkylation sites (N-methyl/N-ethyl adjacent to an activating group) is 1. The first-order valence-corrected chi connectivity index (χ1v) is 6.70. The summed E-state index contributed by atoms with van der Waals surface area (Å²) in [6.45, 7) is 0. The van der Waals surface area contributed by atoms with Crippen LogP contribution in [0, 0.1) is 5.92 Å². The average molecular weight is 268 g/mol. The molecule has 20 heavy (non-hydrogen) atoms. The maximum Gasteiger partial charge on any atom is 0.269 e. The second-order valence-corrected chi connectivity index (χ2v) is 4.88. The van der Waals surface area contributed by atoms with Gasteiger partial charge in [-0.1, -0.05) is 35.5 Å². The SMILES string of the molecule is CNC(=O)C(=CC1CC1)n1cc(-c2ccccc2)nn1. The van der Waals surface area contributed by atoms with Gasteiger partial charge in [0.2, 0.25) is 0 Å². The van der Waals surface area contributed by atoms with E-state index in [9.17, 15) is 4.79 Å². The molecule has 1 aromatic heterocycles. The first kappa shape index (κ1) is 12.6. The summed E-state index contributed by atoms with van der Waals surface area (Å²) in [6, 6.07) is 9.80. The normalized spacial score (nSPS) is 15.2. The van der Waals surface area contributed by atoms with E-state index in [0.717, 1.165) is 24.1 Å². The number of benzene rings is 1. The van der Waals surface area contributed by atoms with E-state index in [2.05, 4.69) is 15.6 Å². The number of nitrogens with one attached hydrogen (secondary N) is 1. The molecular formula is C15H16N4O. The number of hydrogen-bond donors (Lipinski definition) is 1. The highest BCUT2D eigenvalue weighted by Crippen LogP contribution is 2.32. The molecule has 2 aromatic rings. The molecule has 0 aliphatic heterocycles. The molecule has 5 nitrogen and oxygen atoms in total. The predicted molar refractivity (Wildman–Crippen MR) is 76.5 cm³/mol. The van der Waals surface area contributed by atoms with Crippen LogP contribution in [-0.2, 0) is 4.79 Å². The van der Waals surface area contributed by atoms with E-state index in [4.69, 9.17) is 0 Å². The van der Waals surface area contributed by atoms with Crippen molar-refractivity contribution >= 4 is 11.6 Å². The van der Waals surface area contributed by atoms with Crippen molar-refractivity contribution in [1.29, 1.82) is 0 Å². The Kier molecular flexibility index (Phi) is 3.33. The maximum absolute atomic E-state index is 12.0. The van der Waals surface area contributed by atoms with E-state index in [-0.39, 0.29) is 5.91 Å². The monoisotopic (exact) mass is 268 g/mol.